The molecule has 0 saturated heterocycles. The van der Waals surface area contributed by atoms with Crippen LogP contribution >= 0.6 is 15.9 Å². The number of fused-ring (bicyclic) bond motifs is 3. The highest BCUT2D eigenvalue weighted by Crippen LogP contribution is 2.23. The van der Waals surface area contributed by atoms with E-state index in [-0.39, 0.29) is 5.56 Å². The third-order valence-electron chi connectivity index (χ3n) is 2.45. The van der Waals surface area contributed by atoms with Crippen molar-refractivity contribution < 1.29 is 0 Å². The predicted octanol–water partition coefficient (Wildman–Crippen LogP) is 1.46. The molecule has 80 valence electrons. The number of rotatable bonds is 0. The molecule has 0 fully saturated rings. The summed E-state index contributed by atoms with van der Waals surface area (Å²) in [6, 6.07) is 5.54. The molecule has 0 aliphatic rings. The van der Waals surface area contributed by atoms with E-state index in [0.717, 1.165) is 15.4 Å². The summed E-state index contributed by atoms with van der Waals surface area (Å²) in [6.07, 6.45) is 0. The first-order chi connectivity index (χ1) is 7.65. The van der Waals surface area contributed by atoms with Crippen molar-refractivity contribution in [1.29, 1.82) is 0 Å². The molecule has 2 heterocycles. The number of aromatic nitrogens is 3. The maximum atomic E-state index is 11.7. The van der Waals surface area contributed by atoms with E-state index in [2.05, 4.69) is 30.9 Å². The molecule has 16 heavy (non-hydrogen) atoms. The fourth-order valence-electron chi connectivity index (χ4n) is 1.80. The molecule has 3 N–H and O–H groups in total. The van der Waals surface area contributed by atoms with Gasteiger partial charge in [0.05, 0.1) is 5.39 Å². The monoisotopic (exact) mass is 279 g/mol. The summed E-state index contributed by atoms with van der Waals surface area (Å²) in [5.41, 5.74) is 0.360. The van der Waals surface area contributed by atoms with Crippen LogP contribution < -0.4 is 11.2 Å². The van der Waals surface area contributed by atoms with Gasteiger partial charge in [-0.2, -0.15) is 0 Å². The van der Waals surface area contributed by atoms with Gasteiger partial charge in [0, 0.05) is 15.4 Å². The first-order valence-corrected chi connectivity index (χ1v) is 5.38. The number of H-pyrrole nitrogens is 3. The highest BCUT2D eigenvalue weighted by molar-refractivity contribution is 9.10. The van der Waals surface area contributed by atoms with Crippen LogP contribution in [-0.2, 0) is 0 Å². The third kappa shape index (κ3) is 1.23. The van der Waals surface area contributed by atoms with E-state index in [4.69, 9.17) is 0 Å². The lowest BCUT2D eigenvalue weighted by Gasteiger charge is -1.90. The molecule has 0 bridgehead atoms. The van der Waals surface area contributed by atoms with Crippen LogP contribution in [0, 0.1) is 0 Å². The van der Waals surface area contributed by atoms with E-state index >= 15 is 0 Å². The van der Waals surface area contributed by atoms with Crippen molar-refractivity contribution in [3.63, 3.8) is 0 Å². The van der Waals surface area contributed by atoms with Crippen LogP contribution in [-0.4, -0.2) is 15.0 Å². The topological polar surface area (TPSA) is 81.5 Å². The van der Waals surface area contributed by atoms with E-state index in [9.17, 15) is 9.59 Å². The Morgan fingerprint density at radius 2 is 1.88 bits per heavy atom. The van der Waals surface area contributed by atoms with E-state index < -0.39 is 5.69 Å². The summed E-state index contributed by atoms with van der Waals surface area (Å²) >= 11 is 3.34. The lowest BCUT2D eigenvalue weighted by molar-refractivity contribution is 1.07. The molecule has 3 rings (SSSR count). The van der Waals surface area contributed by atoms with Gasteiger partial charge in [-0.15, -0.1) is 0 Å². The second kappa shape index (κ2) is 3.08. The molecule has 5 nitrogen and oxygen atoms in total. The maximum Gasteiger partial charge on any atom is 0.327 e. The first kappa shape index (κ1) is 9.41. The molecule has 0 radical (unpaired) electrons. The molecule has 0 spiro atoms. The standard InChI is InChI=1S/C10H6BrN3O2/c11-4-1-2-6-5(3-4)7-8(12-6)13-10(16)14-9(7)15/h1-3H,(H3,12,13,14,15,16). The SMILES string of the molecule is O=c1[nH]c(=O)c2c([nH]1)[nH]c1ccc(Br)cc12. The highest BCUT2D eigenvalue weighted by Gasteiger charge is 2.08. The minimum Gasteiger partial charge on any atom is -0.340 e. The summed E-state index contributed by atoms with van der Waals surface area (Å²) < 4.78 is 0.881. The Hall–Kier alpha value is -1.82. The van der Waals surface area contributed by atoms with E-state index in [0.29, 0.717) is 11.0 Å². The van der Waals surface area contributed by atoms with Crippen LogP contribution in [0.2, 0.25) is 0 Å². The second-order valence-corrected chi connectivity index (χ2v) is 4.39. The van der Waals surface area contributed by atoms with Gasteiger partial charge < -0.3 is 4.98 Å². The molecule has 0 unspecified atom stereocenters. The van der Waals surface area contributed by atoms with Gasteiger partial charge >= 0.3 is 5.69 Å². The Bertz CT molecular complexity index is 812. The number of halogens is 1. The Labute approximate surface area is 96.6 Å². The van der Waals surface area contributed by atoms with Gasteiger partial charge in [-0.05, 0) is 18.2 Å². The normalized spacial score (nSPS) is 11.3. The Morgan fingerprint density at radius 1 is 1.06 bits per heavy atom. The average Bonchev–Trinajstić information content (AvgIpc) is 2.54. The molecule has 2 aromatic heterocycles. The van der Waals surface area contributed by atoms with Crippen molar-refractivity contribution in [2.45, 2.75) is 0 Å². The number of hydrogen-bond acceptors (Lipinski definition) is 2. The highest BCUT2D eigenvalue weighted by atomic mass is 79.9. The molecular weight excluding hydrogens is 274 g/mol. The Balaban J connectivity index is 2.68. The van der Waals surface area contributed by atoms with Crippen LogP contribution in [0.4, 0.5) is 0 Å². The molecule has 0 amide bonds. The molecule has 0 atom stereocenters. The summed E-state index contributed by atoms with van der Waals surface area (Å²) in [5, 5.41) is 1.25. The van der Waals surface area contributed by atoms with Crippen LogP contribution in [0.5, 0.6) is 0 Å². The minimum atomic E-state index is -0.511. The van der Waals surface area contributed by atoms with Crippen molar-refractivity contribution >= 4 is 37.9 Å². The van der Waals surface area contributed by atoms with Gasteiger partial charge in [0.15, 0.2) is 0 Å². The molecule has 3 aromatic rings. The van der Waals surface area contributed by atoms with Crippen molar-refractivity contribution in [1.82, 2.24) is 15.0 Å². The molecule has 0 aliphatic carbocycles. The molecule has 0 saturated carbocycles. The third-order valence-corrected chi connectivity index (χ3v) is 2.95. The van der Waals surface area contributed by atoms with E-state index in [1.165, 1.54) is 0 Å². The van der Waals surface area contributed by atoms with Crippen LogP contribution in [0.1, 0.15) is 0 Å². The largest absolute Gasteiger partial charge is 0.340 e. The second-order valence-electron chi connectivity index (χ2n) is 3.47. The number of benzene rings is 1. The van der Waals surface area contributed by atoms with E-state index in [1.807, 2.05) is 18.2 Å². The van der Waals surface area contributed by atoms with Crippen LogP contribution in [0.15, 0.2) is 32.3 Å². The quantitative estimate of drug-likeness (QED) is 0.582. The molecule has 1 aromatic carbocycles. The first-order valence-electron chi connectivity index (χ1n) is 4.59. The van der Waals surface area contributed by atoms with Gasteiger partial charge in [-0.25, -0.2) is 4.79 Å². The van der Waals surface area contributed by atoms with Crippen molar-refractivity contribution in [3.05, 3.63) is 43.5 Å². The van der Waals surface area contributed by atoms with Gasteiger partial charge in [-0.3, -0.25) is 14.8 Å². The summed E-state index contributed by atoms with van der Waals surface area (Å²) in [4.78, 5) is 30.5. The van der Waals surface area contributed by atoms with Gasteiger partial charge in [-0.1, -0.05) is 15.9 Å². The van der Waals surface area contributed by atoms with Gasteiger partial charge in [0.1, 0.15) is 5.65 Å². The lowest BCUT2D eigenvalue weighted by atomic mass is 10.2. The van der Waals surface area contributed by atoms with Crippen LogP contribution in [0.25, 0.3) is 21.9 Å². The number of nitrogens with one attached hydrogen (secondary N) is 3. The van der Waals surface area contributed by atoms with E-state index in [1.54, 1.807) is 0 Å². The number of aromatic amines is 3. The van der Waals surface area contributed by atoms with Gasteiger partial charge in [0.25, 0.3) is 5.56 Å². The zero-order valence-corrected chi connectivity index (χ0v) is 9.51. The lowest BCUT2D eigenvalue weighted by Crippen LogP contribution is -2.21. The van der Waals surface area contributed by atoms with Gasteiger partial charge in [0.2, 0.25) is 0 Å². The maximum absolute atomic E-state index is 11.7. The smallest absolute Gasteiger partial charge is 0.327 e. The molecule has 0 aliphatic heterocycles. The Kier molecular flexibility index (Phi) is 1.81. The predicted molar refractivity (Wildman–Crippen MR) is 64.7 cm³/mol. The molecular formula is C10H6BrN3O2. The average molecular weight is 280 g/mol. The van der Waals surface area contributed by atoms with Crippen molar-refractivity contribution in [3.8, 4) is 0 Å². The Morgan fingerprint density at radius 3 is 2.69 bits per heavy atom. The fourth-order valence-corrected chi connectivity index (χ4v) is 2.17. The molecule has 6 heteroatoms. The summed E-state index contributed by atoms with van der Waals surface area (Å²) in [5.74, 6) is 0. The zero-order chi connectivity index (χ0) is 11.3. The fraction of sp³-hybridized carbons (Fsp3) is 0. The number of hydrogen-bond donors (Lipinski definition) is 3. The van der Waals surface area contributed by atoms with Crippen LogP contribution in [0.3, 0.4) is 0 Å². The minimum absolute atomic E-state index is 0.386. The zero-order valence-electron chi connectivity index (χ0n) is 7.93. The summed E-state index contributed by atoms with van der Waals surface area (Å²) in [6.45, 7) is 0. The summed E-state index contributed by atoms with van der Waals surface area (Å²) in [7, 11) is 0. The van der Waals surface area contributed by atoms with Crippen molar-refractivity contribution in [2.75, 3.05) is 0 Å². The van der Waals surface area contributed by atoms with Crippen molar-refractivity contribution in [2.24, 2.45) is 0 Å².